The number of likely N-dealkylation sites (N-methyl/N-ethyl adjacent to an activating group) is 1. The van der Waals surface area contributed by atoms with Crippen LogP contribution in [0.15, 0.2) is 33.0 Å². The minimum atomic E-state index is -4.39. The highest BCUT2D eigenvalue weighted by molar-refractivity contribution is 8.27. The van der Waals surface area contributed by atoms with Crippen LogP contribution in [0.4, 0.5) is 18.9 Å². The van der Waals surface area contributed by atoms with Gasteiger partial charge in [0.1, 0.15) is 9.23 Å². The van der Waals surface area contributed by atoms with Gasteiger partial charge in [0.15, 0.2) is 0 Å². The molecule has 0 unspecified atom stereocenters. The lowest BCUT2D eigenvalue weighted by molar-refractivity contribution is -0.137. The van der Waals surface area contributed by atoms with Crippen LogP contribution in [0.25, 0.3) is 0 Å². The van der Waals surface area contributed by atoms with Gasteiger partial charge in [-0.2, -0.15) is 13.2 Å². The number of halogens is 3. The van der Waals surface area contributed by atoms with Crippen LogP contribution in [0.1, 0.15) is 12.5 Å². The lowest BCUT2D eigenvalue weighted by Crippen LogP contribution is -2.28. The van der Waals surface area contributed by atoms with Crippen LogP contribution < -0.4 is 4.90 Å². The number of benzene rings is 1. The lowest BCUT2D eigenvalue weighted by atomic mass is 10.2. The summed E-state index contributed by atoms with van der Waals surface area (Å²) in [6.07, 6.45) is -4.39. The Morgan fingerprint density at radius 2 is 1.96 bits per heavy atom. The molecule has 0 bridgehead atoms. The average Bonchev–Trinajstić information content (AvgIpc) is 2.95. The molecule has 0 aliphatic carbocycles. The van der Waals surface area contributed by atoms with Crippen molar-refractivity contribution in [2.75, 3.05) is 18.5 Å². The molecule has 1 saturated heterocycles. The molecule has 3 nitrogen and oxygen atoms in total. The van der Waals surface area contributed by atoms with E-state index in [-0.39, 0.29) is 5.91 Å². The van der Waals surface area contributed by atoms with Crippen molar-refractivity contribution in [2.45, 2.75) is 18.0 Å². The second-order valence-corrected chi connectivity index (χ2v) is 7.57. The van der Waals surface area contributed by atoms with Gasteiger partial charge in [0.05, 0.1) is 16.3 Å². The third-order valence-corrected chi connectivity index (χ3v) is 6.30. The predicted molar refractivity (Wildman–Crippen MR) is 90.3 cm³/mol. The van der Waals surface area contributed by atoms with Crippen LogP contribution in [-0.4, -0.2) is 28.7 Å². The number of hydrogen-bond acceptors (Lipinski definition) is 5. The minimum absolute atomic E-state index is 0.194. The molecular weight excluding hydrogens is 365 g/mol. The predicted octanol–water partition coefficient (Wildman–Crippen LogP) is 4.30. The first kappa shape index (κ1) is 16.7. The normalized spacial score (nSPS) is 21.4. The van der Waals surface area contributed by atoms with Crippen molar-refractivity contribution < 1.29 is 18.0 Å². The van der Waals surface area contributed by atoms with E-state index in [9.17, 15) is 18.0 Å². The maximum atomic E-state index is 12.8. The number of alkyl halides is 3. The average molecular weight is 376 g/mol. The number of thioether (sulfide) groups is 2. The molecule has 1 amide bonds. The third-order valence-electron chi connectivity index (χ3n) is 3.52. The number of carbonyl (C=O) groups is 1. The van der Waals surface area contributed by atoms with E-state index >= 15 is 0 Å². The molecule has 23 heavy (non-hydrogen) atoms. The van der Waals surface area contributed by atoms with Crippen LogP contribution in [0, 0.1) is 0 Å². The topological polar surface area (TPSA) is 23.6 Å². The zero-order chi connectivity index (χ0) is 16.9. The summed E-state index contributed by atoms with van der Waals surface area (Å²) in [7, 11) is 1.74. The molecule has 0 radical (unpaired) electrons. The van der Waals surface area contributed by atoms with Gasteiger partial charge in [-0.1, -0.05) is 35.7 Å². The van der Waals surface area contributed by atoms with Crippen molar-refractivity contribution in [3.05, 3.63) is 33.7 Å². The third kappa shape index (κ3) is 2.74. The molecule has 0 atom stereocenters. The van der Waals surface area contributed by atoms with Crippen LogP contribution in [-0.2, 0) is 11.0 Å². The summed E-state index contributed by atoms with van der Waals surface area (Å²) in [5.41, 5.74) is -0.0423. The second kappa shape index (κ2) is 5.71. The summed E-state index contributed by atoms with van der Waals surface area (Å²) < 4.78 is 39.0. The molecule has 9 heteroatoms. The zero-order valence-electron chi connectivity index (χ0n) is 12.1. The Morgan fingerprint density at radius 3 is 2.52 bits per heavy atom. The van der Waals surface area contributed by atoms with Crippen molar-refractivity contribution >= 4 is 51.7 Å². The monoisotopic (exact) mass is 376 g/mol. The van der Waals surface area contributed by atoms with Gasteiger partial charge in [-0.3, -0.25) is 9.69 Å². The van der Waals surface area contributed by atoms with E-state index in [1.807, 2.05) is 6.92 Å². The second-order valence-electron chi connectivity index (χ2n) is 4.89. The van der Waals surface area contributed by atoms with Gasteiger partial charge in [-0.15, -0.1) is 0 Å². The first-order valence-corrected chi connectivity index (χ1v) is 8.69. The first-order chi connectivity index (χ1) is 10.7. The summed E-state index contributed by atoms with van der Waals surface area (Å²) in [4.78, 5) is 16.6. The fraction of sp³-hybridized carbons (Fsp3) is 0.286. The van der Waals surface area contributed by atoms with Crippen molar-refractivity contribution in [3.8, 4) is 0 Å². The van der Waals surface area contributed by atoms with Gasteiger partial charge in [-0.05, 0) is 25.1 Å². The summed E-state index contributed by atoms with van der Waals surface area (Å²) in [5.74, 6) is -0.194. The van der Waals surface area contributed by atoms with Crippen molar-refractivity contribution in [1.29, 1.82) is 0 Å². The number of anilines is 1. The highest BCUT2D eigenvalue weighted by Gasteiger charge is 2.38. The summed E-state index contributed by atoms with van der Waals surface area (Å²) in [6, 6.07) is 3.60. The quantitative estimate of drug-likeness (QED) is 0.537. The van der Waals surface area contributed by atoms with Crippen LogP contribution >= 0.6 is 35.7 Å². The zero-order valence-corrected chi connectivity index (χ0v) is 14.5. The Balaban J connectivity index is 2.01. The lowest BCUT2D eigenvalue weighted by Gasteiger charge is -2.15. The number of rotatable bonds is 1. The Hall–Kier alpha value is -1.19. The van der Waals surface area contributed by atoms with Gasteiger partial charge in [-0.25, -0.2) is 0 Å². The molecule has 2 aliphatic rings. The first-order valence-electron chi connectivity index (χ1n) is 6.64. The Bertz CT molecular complexity index is 745. The fourth-order valence-electron chi connectivity index (χ4n) is 2.33. The van der Waals surface area contributed by atoms with Gasteiger partial charge in [0.25, 0.3) is 5.91 Å². The summed E-state index contributed by atoms with van der Waals surface area (Å²) in [5, 5.41) is 0.618. The molecule has 1 aromatic rings. The van der Waals surface area contributed by atoms with E-state index in [4.69, 9.17) is 12.2 Å². The molecule has 122 valence electrons. The minimum Gasteiger partial charge on any atom is -0.337 e. The SMILES string of the molecule is CCN1C(=O)/C(=C2\Sc3cc(C(F)(F)F)ccc3N2C)SC1=S. The Morgan fingerprint density at radius 1 is 1.26 bits per heavy atom. The van der Waals surface area contributed by atoms with Gasteiger partial charge in [0, 0.05) is 18.5 Å². The van der Waals surface area contributed by atoms with Crippen LogP contribution in [0.3, 0.4) is 0 Å². The van der Waals surface area contributed by atoms with E-state index in [1.165, 1.54) is 34.5 Å². The largest absolute Gasteiger partial charge is 0.416 e. The highest BCUT2D eigenvalue weighted by Crippen LogP contribution is 2.51. The van der Waals surface area contributed by atoms with E-state index < -0.39 is 11.7 Å². The molecular formula is C14H11F3N2OS3. The van der Waals surface area contributed by atoms with Gasteiger partial charge in [0.2, 0.25) is 0 Å². The van der Waals surface area contributed by atoms with E-state index in [0.717, 1.165) is 12.1 Å². The molecule has 2 heterocycles. The molecule has 0 spiro atoms. The highest BCUT2D eigenvalue weighted by atomic mass is 32.2. The standard InChI is InChI=1S/C14H11F3N2OS3/c1-3-19-11(20)10(23-13(19)21)12-18(2)8-5-4-7(14(15,16)17)6-9(8)22-12/h4-6H,3H2,1-2H3/b12-10+. The molecule has 1 aromatic carbocycles. The maximum Gasteiger partial charge on any atom is 0.416 e. The fourth-order valence-corrected chi connectivity index (χ4v) is 5.08. The molecule has 0 N–H and O–H groups in total. The molecule has 2 aliphatic heterocycles. The summed E-state index contributed by atoms with van der Waals surface area (Å²) >= 11 is 7.54. The molecule has 1 fully saturated rings. The van der Waals surface area contributed by atoms with E-state index in [2.05, 4.69) is 0 Å². The number of carbonyl (C=O) groups excluding carboxylic acids is 1. The smallest absolute Gasteiger partial charge is 0.337 e. The van der Waals surface area contributed by atoms with Crippen LogP contribution in [0.5, 0.6) is 0 Å². The Kier molecular flexibility index (Phi) is 4.14. The van der Waals surface area contributed by atoms with E-state index in [1.54, 1.807) is 11.9 Å². The van der Waals surface area contributed by atoms with E-state index in [0.29, 0.717) is 31.4 Å². The summed E-state index contributed by atoms with van der Waals surface area (Å²) in [6.45, 7) is 2.30. The van der Waals surface area contributed by atoms with Crippen molar-refractivity contribution in [2.24, 2.45) is 0 Å². The number of fused-ring (bicyclic) bond motifs is 1. The number of nitrogens with zero attached hydrogens (tertiary/aromatic N) is 2. The molecule has 3 rings (SSSR count). The number of hydrogen-bond donors (Lipinski definition) is 0. The Labute approximate surface area is 144 Å². The van der Waals surface area contributed by atoms with Crippen molar-refractivity contribution in [3.63, 3.8) is 0 Å². The number of thiocarbonyl (C=S) groups is 1. The van der Waals surface area contributed by atoms with Gasteiger partial charge >= 0.3 is 6.18 Å². The van der Waals surface area contributed by atoms with Gasteiger partial charge < -0.3 is 4.90 Å². The van der Waals surface area contributed by atoms with Crippen LogP contribution in [0.2, 0.25) is 0 Å². The molecule has 0 aromatic heterocycles. The maximum absolute atomic E-state index is 12.8. The molecule has 0 saturated carbocycles. The number of amides is 1. The van der Waals surface area contributed by atoms with Crippen molar-refractivity contribution in [1.82, 2.24) is 4.90 Å².